The van der Waals surface area contributed by atoms with Crippen LogP contribution in [0.15, 0.2) is 36.5 Å². The number of nitrogens with two attached hydrogens (primary N) is 1. The number of halogens is 1. The number of carbonyl (C=O) groups is 1. The molecule has 1 fully saturated rings. The number of rotatable bonds is 9. The Kier molecular flexibility index (Phi) is 9.41. The van der Waals surface area contributed by atoms with E-state index in [1.165, 1.54) is 7.11 Å². The molecule has 3 aromatic rings. The van der Waals surface area contributed by atoms with Crippen molar-refractivity contribution < 1.29 is 23.4 Å². The Hall–Kier alpha value is -4.52. The predicted octanol–water partition coefficient (Wildman–Crippen LogP) is 5.19. The molecule has 1 aliphatic rings. The van der Waals surface area contributed by atoms with E-state index in [-0.39, 0.29) is 11.8 Å². The van der Waals surface area contributed by atoms with Crippen LogP contribution >= 0.6 is 0 Å². The highest BCUT2D eigenvalue weighted by molar-refractivity contribution is 5.86. The van der Waals surface area contributed by atoms with E-state index < -0.39 is 17.5 Å². The molecule has 1 aliphatic heterocycles. The summed E-state index contributed by atoms with van der Waals surface area (Å²) in [7, 11) is 3.05. The van der Waals surface area contributed by atoms with Gasteiger partial charge in [-0.3, -0.25) is 5.32 Å². The molecular formula is C29H39FN8O4. The molecule has 0 aliphatic carbocycles. The van der Waals surface area contributed by atoms with Gasteiger partial charge >= 0.3 is 6.09 Å². The molecule has 4 rings (SSSR count). The minimum Gasteiger partial charge on any atom is -0.495 e. The number of likely N-dealkylation sites (N-methyl/N-ethyl adjacent to an activating group) is 1. The standard InChI is InChI=1S/C29H39FN8O4/c1-7-37-10-12-38(13-11-37)23-16-25(41-6)22(15-20(23)31)35-27-32-17-19(30)26(36-27)34-21-14-18(8-9-24(21)40-5)33-28(39)42-29(2,3)4/h8-9,14-17H,7,10-13,31H2,1-6H3,(H,33,39)(H2,32,34,35,36). The van der Waals surface area contributed by atoms with E-state index in [0.717, 1.165) is 44.6 Å². The molecular weight excluding hydrogens is 543 g/mol. The van der Waals surface area contributed by atoms with Crippen LogP contribution in [-0.4, -0.2) is 73.5 Å². The fourth-order valence-electron chi connectivity index (χ4n) is 4.50. The van der Waals surface area contributed by atoms with Gasteiger partial charge in [0.1, 0.15) is 17.1 Å². The first kappa shape index (κ1) is 30.4. The summed E-state index contributed by atoms with van der Waals surface area (Å²) in [6.45, 7) is 12.1. The number of carbonyl (C=O) groups excluding carboxylic acids is 1. The third-order valence-corrected chi connectivity index (χ3v) is 6.60. The summed E-state index contributed by atoms with van der Waals surface area (Å²) in [4.78, 5) is 25.3. The number of nitrogens with one attached hydrogen (secondary N) is 3. The van der Waals surface area contributed by atoms with Crippen molar-refractivity contribution in [3.8, 4) is 11.5 Å². The maximum Gasteiger partial charge on any atom is 0.412 e. The second-order valence-corrected chi connectivity index (χ2v) is 10.7. The number of benzene rings is 2. The first-order valence-corrected chi connectivity index (χ1v) is 13.7. The quantitative estimate of drug-likeness (QED) is 0.248. The highest BCUT2D eigenvalue weighted by Gasteiger charge is 2.21. The van der Waals surface area contributed by atoms with E-state index in [1.54, 1.807) is 52.1 Å². The summed E-state index contributed by atoms with van der Waals surface area (Å²) < 4.78 is 31.2. The van der Waals surface area contributed by atoms with Crippen molar-refractivity contribution in [1.29, 1.82) is 0 Å². The number of ether oxygens (including phenoxy) is 3. The molecule has 5 N–H and O–H groups in total. The third-order valence-electron chi connectivity index (χ3n) is 6.60. The van der Waals surface area contributed by atoms with Crippen molar-refractivity contribution in [2.24, 2.45) is 0 Å². The van der Waals surface area contributed by atoms with E-state index in [2.05, 4.69) is 42.6 Å². The number of hydrogen-bond donors (Lipinski definition) is 4. The van der Waals surface area contributed by atoms with Gasteiger partial charge in [0.2, 0.25) is 5.95 Å². The summed E-state index contributed by atoms with van der Waals surface area (Å²) in [5.41, 5.74) is 8.56. The molecule has 0 saturated carbocycles. The smallest absolute Gasteiger partial charge is 0.412 e. The van der Waals surface area contributed by atoms with E-state index in [1.807, 2.05) is 6.07 Å². The van der Waals surface area contributed by atoms with Gasteiger partial charge in [-0.2, -0.15) is 4.98 Å². The van der Waals surface area contributed by atoms with Crippen LogP contribution in [0.4, 0.5) is 49.4 Å². The van der Waals surface area contributed by atoms with Crippen LogP contribution in [0.2, 0.25) is 0 Å². The third kappa shape index (κ3) is 7.60. The van der Waals surface area contributed by atoms with E-state index in [9.17, 15) is 9.18 Å². The van der Waals surface area contributed by atoms with Crippen LogP contribution in [-0.2, 0) is 4.74 Å². The van der Waals surface area contributed by atoms with Gasteiger partial charge in [0.15, 0.2) is 11.6 Å². The van der Waals surface area contributed by atoms with Gasteiger partial charge in [0, 0.05) is 37.9 Å². The summed E-state index contributed by atoms with van der Waals surface area (Å²) in [6.07, 6.45) is 0.422. The summed E-state index contributed by atoms with van der Waals surface area (Å²) in [6, 6.07) is 8.50. The van der Waals surface area contributed by atoms with Gasteiger partial charge in [-0.05, 0) is 51.6 Å². The molecule has 0 bridgehead atoms. The predicted molar refractivity (Wildman–Crippen MR) is 163 cm³/mol. The van der Waals surface area contributed by atoms with Crippen LogP contribution < -0.4 is 36.1 Å². The fourth-order valence-corrected chi connectivity index (χ4v) is 4.50. The maximum atomic E-state index is 14.8. The van der Waals surface area contributed by atoms with Crippen LogP contribution in [0, 0.1) is 5.82 Å². The average Bonchev–Trinajstić information content (AvgIpc) is 2.94. The lowest BCUT2D eigenvalue weighted by molar-refractivity contribution is 0.0636. The van der Waals surface area contributed by atoms with E-state index in [4.69, 9.17) is 19.9 Å². The van der Waals surface area contributed by atoms with Crippen LogP contribution in [0.25, 0.3) is 0 Å². The maximum absolute atomic E-state index is 14.8. The minimum absolute atomic E-state index is 0.113. The Morgan fingerprint density at radius 2 is 1.71 bits per heavy atom. The number of nitrogens with zero attached hydrogens (tertiary/aromatic N) is 4. The van der Waals surface area contributed by atoms with Gasteiger partial charge in [-0.15, -0.1) is 0 Å². The molecule has 2 aromatic carbocycles. The van der Waals surface area contributed by atoms with E-state index in [0.29, 0.717) is 34.2 Å². The monoisotopic (exact) mass is 582 g/mol. The number of hydrogen-bond acceptors (Lipinski definition) is 11. The Morgan fingerprint density at radius 1 is 1.02 bits per heavy atom. The number of amides is 1. The Balaban J connectivity index is 1.54. The van der Waals surface area contributed by atoms with Gasteiger partial charge in [-0.25, -0.2) is 14.2 Å². The highest BCUT2D eigenvalue weighted by atomic mass is 19.1. The molecule has 42 heavy (non-hydrogen) atoms. The number of nitrogen functional groups attached to an aromatic ring is 1. The Morgan fingerprint density at radius 3 is 2.36 bits per heavy atom. The van der Waals surface area contributed by atoms with Gasteiger partial charge in [0.05, 0.1) is 43.2 Å². The zero-order valence-corrected chi connectivity index (χ0v) is 24.9. The van der Waals surface area contributed by atoms with Crippen molar-refractivity contribution in [3.05, 3.63) is 42.3 Å². The summed E-state index contributed by atoms with van der Waals surface area (Å²) in [5.74, 6) is 0.255. The first-order valence-electron chi connectivity index (χ1n) is 13.7. The van der Waals surface area contributed by atoms with Crippen molar-refractivity contribution in [2.45, 2.75) is 33.3 Å². The lowest BCUT2D eigenvalue weighted by Crippen LogP contribution is -2.46. The SMILES string of the molecule is CCN1CCN(c2cc(OC)c(Nc3ncc(F)c(Nc4cc(NC(=O)OC(C)(C)C)ccc4OC)n3)cc2N)CC1. The topological polar surface area (TPSA) is 139 Å². The highest BCUT2D eigenvalue weighted by Crippen LogP contribution is 2.37. The first-order chi connectivity index (χ1) is 20.0. The second-order valence-electron chi connectivity index (χ2n) is 10.7. The van der Waals surface area contributed by atoms with Gasteiger partial charge in [0.25, 0.3) is 0 Å². The molecule has 0 radical (unpaired) electrons. The molecule has 226 valence electrons. The van der Waals surface area contributed by atoms with Crippen LogP contribution in [0.3, 0.4) is 0 Å². The molecule has 12 nitrogen and oxygen atoms in total. The molecule has 1 aromatic heterocycles. The normalized spacial score (nSPS) is 13.8. The lowest BCUT2D eigenvalue weighted by atomic mass is 10.1. The second kappa shape index (κ2) is 13.0. The molecule has 0 spiro atoms. The van der Waals surface area contributed by atoms with Crippen LogP contribution in [0.5, 0.6) is 11.5 Å². The largest absolute Gasteiger partial charge is 0.495 e. The fraction of sp³-hybridized carbons (Fsp3) is 0.414. The minimum atomic E-state index is -0.693. The van der Waals surface area contributed by atoms with Crippen molar-refractivity contribution in [2.75, 3.05) is 73.5 Å². The lowest BCUT2D eigenvalue weighted by Gasteiger charge is -2.36. The zero-order valence-electron chi connectivity index (χ0n) is 24.9. The number of piperazine rings is 1. The van der Waals surface area contributed by atoms with Gasteiger partial charge < -0.3 is 40.4 Å². The number of methoxy groups -OCH3 is 2. The number of aromatic nitrogens is 2. The average molecular weight is 583 g/mol. The molecule has 1 amide bonds. The van der Waals surface area contributed by atoms with Crippen LogP contribution in [0.1, 0.15) is 27.7 Å². The zero-order chi connectivity index (χ0) is 30.4. The van der Waals surface area contributed by atoms with Crippen molar-refractivity contribution in [3.63, 3.8) is 0 Å². The van der Waals surface area contributed by atoms with E-state index >= 15 is 0 Å². The van der Waals surface area contributed by atoms with Gasteiger partial charge in [-0.1, -0.05) is 6.92 Å². The molecule has 0 atom stereocenters. The number of anilines is 7. The summed E-state index contributed by atoms with van der Waals surface area (Å²) >= 11 is 0. The Labute approximate surface area is 245 Å². The molecule has 1 saturated heterocycles. The van der Waals surface area contributed by atoms with Crippen molar-refractivity contribution in [1.82, 2.24) is 14.9 Å². The van der Waals surface area contributed by atoms with Crippen molar-refractivity contribution >= 4 is 46.3 Å². The molecule has 0 unspecified atom stereocenters. The molecule has 2 heterocycles. The Bertz CT molecular complexity index is 1410. The molecule has 13 heteroatoms. The summed E-state index contributed by atoms with van der Waals surface area (Å²) in [5, 5.41) is 8.68.